The van der Waals surface area contributed by atoms with Crippen molar-refractivity contribution < 1.29 is 4.92 Å². The number of rotatable bonds is 3. The van der Waals surface area contributed by atoms with Crippen molar-refractivity contribution >= 4 is 27.3 Å². The van der Waals surface area contributed by atoms with E-state index < -0.39 is 0 Å². The zero-order chi connectivity index (χ0) is 13.8. The van der Waals surface area contributed by atoms with E-state index in [0.717, 1.165) is 32.4 Å². The highest BCUT2D eigenvalue weighted by atomic mass is 79.9. The standard InChI is InChI=1S/C12H17BrN4O2/c1-16(9-3-2-5-14-6-4-9)12-10(13)7-15-8-11(12)17(18)19/h7-9,14H,2-6H2,1H3. The van der Waals surface area contributed by atoms with E-state index in [-0.39, 0.29) is 10.6 Å². The Morgan fingerprint density at radius 2 is 2.26 bits per heavy atom. The van der Waals surface area contributed by atoms with Crippen molar-refractivity contribution in [2.24, 2.45) is 0 Å². The summed E-state index contributed by atoms with van der Waals surface area (Å²) in [7, 11) is 1.92. The fraction of sp³-hybridized carbons (Fsp3) is 0.583. The lowest BCUT2D eigenvalue weighted by Gasteiger charge is -2.29. The first-order chi connectivity index (χ1) is 9.11. The van der Waals surface area contributed by atoms with Gasteiger partial charge in [0.15, 0.2) is 0 Å². The number of pyridine rings is 1. The van der Waals surface area contributed by atoms with Crippen LogP contribution in [0.3, 0.4) is 0 Å². The predicted molar refractivity (Wildman–Crippen MR) is 77.5 cm³/mol. The van der Waals surface area contributed by atoms with Gasteiger partial charge in [0.1, 0.15) is 11.9 Å². The van der Waals surface area contributed by atoms with E-state index in [1.165, 1.54) is 6.20 Å². The minimum Gasteiger partial charge on any atom is -0.365 e. The Balaban J connectivity index is 2.31. The molecule has 7 heteroatoms. The van der Waals surface area contributed by atoms with Gasteiger partial charge in [-0.05, 0) is 48.3 Å². The van der Waals surface area contributed by atoms with Gasteiger partial charge in [-0.1, -0.05) is 0 Å². The Morgan fingerprint density at radius 3 is 3.00 bits per heavy atom. The number of hydrogen-bond acceptors (Lipinski definition) is 5. The van der Waals surface area contributed by atoms with Gasteiger partial charge in [-0.3, -0.25) is 15.1 Å². The van der Waals surface area contributed by atoms with E-state index in [1.54, 1.807) is 6.20 Å². The Kier molecular flexibility index (Phi) is 4.71. The first kappa shape index (κ1) is 14.2. The Bertz CT molecular complexity index is 461. The molecule has 1 aromatic rings. The van der Waals surface area contributed by atoms with Crippen LogP contribution in [0, 0.1) is 10.1 Å². The zero-order valence-corrected chi connectivity index (χ0v) is 12.4. The van der Waals surface area contributed by atoms with Crippen LogP contribution in [0.15, 0.2) is 16.9 Å². The SMILES string of the molecule is CN(c1c(Br)cncc1[N+](=O)[O-])C1CCCNCC1. The summed E-state index contributed by atoms with van der Waals surface area (Å²) in [6.45, 7) is 1.97. The minimum atomic E-state index is -0.376. The third-order valence-corrected chi connectivity index (χ3v) is 4.08. The quantitative estimate of drug-likeness (QED) is 0.681. The molecule has 1 unspecified atom stereocenters. The molecule has 0 bridgehead atoms. The van der Waals surface area contributed by atoms with Crippen LogP contribution >= 0.6 is 15.9 Å². The van der Waals surface area contributed by atoms with Gasteiger partial charge in [-0.25, -0.2) is 0 Å². The molecule has 19 heavy (non-hydrogen) atoms. The van der Waals surface area contributed by atoms with Gasteiger partial charge in [0, 0.05) is 19.3 Å². The van der Waals surface area contributed by atoms with E-state index in [1.807, 2.05) is 11.9 Å². The van der Waals surface area contributed by atoms with Gasteiger partial charge < -0.3 is 10.2 Å². The molecule has 0 aromatic carbocycles. The van der Waals surface area contributed by atoms with Gasteiger partial charge >= 0.3 is 5.69 Å². The highest BCUT2D eigenvalue weighted by Crippen LogP contribution is 2.36. The normalized spacial score (nSPS) is 19.8. The molecule has 1 atom stereocenters. The lowest BCUT2D eigenvalue weighted by Crippen LogP contribution is -2.33. The number of halogens is 1. The third kappa shape index (κ3) is 3.22. The highest BCUT2D eigenvalue weighted by molar-refractivity contribution is 9.10. The van der Waals surface area contributed by atoms with Gasteiger partial charge in [-0.15, -0.1) is 0 Å². The fourth-order valence-electron chi connectivity index (χ4n) is 2.47. The van der Waals surface area contributed by atoms with Crippen LogP contribution in [0.25, 0.3) is 0 Å². The van der Waals surface area contributed by atoms with Crippen LogP contribution in [-0.2, 0) is 0 Å². The molecule has 0 radical (unpaired) electrons. The van der Waals surface area contributed by atoms with Gasteiger partial charge in [-0.2, -0.15) is 0 Å². The van der Waals surface area contributed by atoms with Crippen LogP contribution in [0.1, 0.15) is 19.3 Å². The van der Waals surface area contributed by atoms with Crippen molar-refractivity contribution in [3.05, 3.63) is 27.0 Å². The number of nitrogens with one attached hydrogen (secondary N) is 1. The first-order valence-corrected chi connectivity index (χ1v) is 7.12. The molecule has 1 fully saturated rings. The molecule has 2 rings (SSSR count). The second-order valence-corrected chi connectivity index (χ2v) is 5.55. The zero-order valence-electron chi connectivity index (χ0n) is 10.8. The minimum absolute atomic E-state index is 0.0501. The molecule has 1 aromatic heterocycles. The van der Waals surface area contributed by atoms with E-state index in [4.69, 9.17) is 0 Å². The van der Waals surface area contributed by atoms with Crippen molar-refractivity contribution in [2.75, 3.05) is 25.0 Å². The summed E-state index contributed by atoms with van der Waals surface area (Å²) in [5.41, 5.74) is 0.668. The largest absolute Gasteiger partial charge is 0.365 e. The molecule has 104 valence electrons. The monoisotopic (exact) mass is 328 g/mol. The van der Waals surface area contributed by atoms with Crippen molar-refractivity contribution in [1.29, 1.82) is 0 Å². The Hall–Kier alpha value is -1.21. The Labute approximate surface area is 120 Å². The van der Waals surface area contributed by atoms with Crippen LogP contribution in [0.2, 0.25) is 0 Å². The summed E-state index contributed by atoms with van der Waals surface area (Å²) >= 11 is 3.38. The molecule has 0 aliphatic carbocycles. The topological polar surface area (TPSA) is 71.3 Å². The van der Waals surface area contributed by atoms with Crippen molar-refractivity contribution in [3.8, 4) is 0 Å². The van der Waals surface area contributed by atoms with E-state index in [9.17, 15) is 10.1 Å². The summed E-state index contributed by atoms with van der Waals surface area (Å²) in [5, 5.41) is 14.5. The molecule has 6 nitrogen and oxygen atoms in total. The second kappa shape index (κ2) is 6.29. The van der Waals surface area contributed by atoms with Crippen LogP contribution < -0.4 is 10.2 Å². The van der Waals surface area contributed by atoms with Gasteiger partial charge in [0.2, 0.25) is 0 Å². The van der Waals surface area contributed by atoms with E-state index in [0.29, 0.717) is 16.2 Å². The molecule has 1 aliphatic rings. The van der Waals surface area contributed by atoms with Gasteiger partial charge in [0.05, 0.1) is 9.40 Å². The van der Waals surface area contributed by atoms with Crippen LogP contribution in [0.5, 0.6) is 0 Å². The average Bonchev–Trinajstić information content (AvgIpc) is 2.66. The summed E-state index contributed by atoms with van der Waals surface area (Å²) in [6, 6.07) is 0.312. The average molecular weight is 329 g/mol. The summed E-state index contributed by atoms with van der Waals surface area (Å²) < 4.78 is 0.668. The number of anilines is 1. The Morgan fingerprint density at radius 1 is 1.47 bits per heavy atom. The van der Waals surface area contributed by atoms with Crippen molar-refractivity contribution in [2.45, 2.75) is 25.3 Å². The van der Waals surface area contributed by atoms with Gasteiger partial charge in [0.25, 0.3) is 0 Å². The smallest absolute Gasteiger partial charge is 0.311 e. The third-order valence-electron chi connectivity index (χ3n) is 3.50. The van der Waals surface area contributed by atoms with Crippen molar-refractivity contribution in [1.82, 2.24) is 10.3 Å². The molecular weight excluding hydrogens is 312 g/mol. The van der Waals surface area contributed by atoms with E-state index in [2.05, 4.69) is 26.2 Å². The number of hydrogen-bond donors (Lipinski definition) is 1. The molecular formula is C12H17BrN4O2. The summed E-state index contributed by atoms with van der Waals surface area (Å²) in [6.07, 6.45) is 6.03. The lowest BCUT2D eigenvalue weighted by atomic mass is 10.1. The molecule has 0 amide bonds. The molecule has 1 N–H and O–H groups in total. The maximum Gasteiger partial charge on any atom is 0.311 e. The van der Waals surface area contributed by atoms with Crippen molar-refractivity contribution in [3.63, 3.8) is 0 Å². The second-order valence-electron chi connectivity index (χ2n) is 4.69. The first-order valence-electron chi connectivity index (χ1n) is 6.32. The number of aromatic nitrogens is 1. The molecule has 1 saturated heterocycles. The lowest BCUT2D eigenvalue weighted by molar-refractivity contribution is -0.384. The molecule has 0 spiro atoms. The fourth-order valence-corrected chi connectivity index (χ4v) is 3.07. The summed E-state index contributed by atoms with van der Waals surface area (Å²) in [5.74, 6) is 0. The number of nitrogens with zero attached hydrogens (tertiary/aromatic N) is 3. The number of nitro groups is 1. The van der Waals surface area contributed by atoms with Crippen LogP contribution in [0.4, 0.5) is 11.4 Å². The maximum absolute atomic E-state index is 11.1. The highest BCUT2D eigenvalue weighted by Gasteiger charge is 2.26. The van der Waals surface area contributed by atoms with E-state index >= 15 is 0 Å². The summed E-state index contributed by atoms with van der Waals surface area (Å²) in [4.78, 5) is 16.7. The van der Waals surface area contributed by atoms with Crippen LogP contribution in [-0.4, -0.2) is 36.1 Å². The molecule has 1 aliphatic heterocycles. The molecule has 2 heterocycles. The predicted octanol–water partition coefficient (Wildman–Crippen LogP) is 2.33. The maximum atomic E-state index is 11.1. The molecule has 0 saturated carbocycles.